The van der Waals surface area contributed by atoms with Crippen molar-refractivity contribution >= 4 is 50.7 Å². The molecular weight excluding hydrogens is 461 g/mol. The molecule has 31 heavy (non-hydrogen) atoms. The predicted octanol–water partition coefficient (Wildman–Crippen LogP) is 3.85. The minimum absolute atomic E-state index is 0.270. The zero-order valence-electron chi connectivity index (χ0n) is 17.1. The standard InChI is InChI=1S/C21H23Cl2N3O4S/c1-13(14-5-3-6-18(11-14)25-31(2,29)30)24-20(27)19-7-4-8-26(19)21(28)15-9-16(22)12-17(23)10-15/h3,5-6,9-13,19,25H,4,7-8H2,1-2H3,(H,24,27). The van der Waals surface area contributed by atoms with Crippen LogP contribution in [0.15, 0.2) is 42.5 Å². The van der Waals surface area contributed by atoms with Gasteiger partial charge in [0.2, 0.25) is 15.9 Å². The lowest BCUT2D eigenvalue weighted by Crippen LogP contribution is -2.46. The lowest BCUT2D eigenvalue weighted by molar-refractivity contribution is -0.125. The van der Waals surface area contributed by atoms with Gasteiger partial charge in [0.1, 0.15) is 6.04 Å². The smallest absolute Gasteiger partial charge is 0.254 e. The SMILES string of the molecule is CC(NC(=O)C1CCCN1C(=O)c1cc(Cl)cc(Cl)c1)c1cccc(NS(C)(=O)=O)c1. The van der Waals surface area contributed by atoms with Crippen LogP contribution in [-0.4, -0.2) is 44.0 Å². The normalized spacial score (nSPS) is 17.3. The molecule has 2 N–H and O–H groups in total. The number of halogens is 2. The van der Waals surface area contributed by atoms with Crippen molar-refractivity contribution in [3.05, 3.63) is 63.6 Å². The Labute approximate surface area is 191 Å². The van der Waals surface area contributed by atoms with Crippen molar-refractivity contribution in [1.82, 2.24) is 10.2 Å². The maximum absolute atomic E-state index is 13.0. The van der Waals surface area contributed by atoms with Gasteiger partial charge in [-0.05, 0) is 55.7 Å². The minimum Gasteiger partial charge on any atom is -0.348 e. The van der Waals surface area contributed by atoms with E-state index in [0.29, 0.717) is 40.7 Å². The summed E-state index contributed by atoms with van der Waals surface area (Å²) < 4.78 is 25.3. The molecule has 0 saturated carbocycles. The first-order valence-electron chi connectivity index (χ1n) is 9.68. The summed E-state index contributed by atoms with van der Waals surface area (Å²) in [5.41, 5.74) is 1.49. The van der Waals surface area contributed by atoms with Crippen LogP contribution < -0.4 is 10.0 Å². The number of benzene rings is 2. The van der Waals surface area contributed by atoms with Crippen molar-refractivity contribution in [2.24, 2.45) is 0 Å². The fourth-order valence-corrected chi connectivity index (χ4v) is 4.69. The molecule has 10 heteroatoms. The third kappa shape index (κ3) is 6.12. The second-order valence-electron chi connectivity index (χ2n) is 7.54. The summed E-state index contributed by atoms with van der Waals surface area (Å²) in [6.07, 6.45) is 2.33. The molecule has 7 nitrogen and oxygen atoms in total. The van der Waals surface area contributed by atoms with Crippen molar-refractivity contribution < 1.29 is 18.0 Å². The first kappa shape index (κ1) is 23.4. The van der Waals surface area contributed by atoms with Crippen LogP contribution in [0, 0.1) is 0 Å². The van der Waals surface area contributed by atoms with E-state index in [-0.39, 0.29) is 17.9 Å². The maximum Gasteiger partial charge on any atom is 0.254 e. The number of likely N-dealkylation sites (tertiary alicyclic amines) is 1. The molecule has 1 aliphatic heterocycles. The quantitative estimate of drug-likeness (QED) is 0.651. The molecule has 0 aromatic heterocycles. The Morgan fingerprint density at radius 3 is 2.45 bits per heavy atom. The van der Waals surface area contributed by atoms with Crippen LogP contribution in [0.5, 0.6) is 0 Å². The van der Waals surface area contributed by atoms with Crippen LogP contribution >= 0.6 is 23.2 Å². The molecule has 3 rings (SSSR count). The summed E-state index contributed by atoms with van der Waals surface area (Å²) in [4.78, 5) is 27.5. The fourth-order valence-electron chi connectivity index (χ4n) is 3.60. The highest BCUT2D eigenvalue weighted by Gasteiger charge is 2.35. The Kier molecular flexibility index (Phi) is 7.13. The van der Waals surface area contributed by atoms with Gasteiger partial charge in [-0.15, -0.1) is 0 Å². The molecule has 2 unspecified atom stereocenters. The van der Waals surface area contributed by atoms with Crippen molar-refractivity contribution in [3.8, 4) is 0 Å². The molecule has 2 aromatic carbocycles. The lowest BCUT2D eigenvalue weighted by Gasteiger charge is -2.26. The van der Waals surface area contributed by atoms with Gasteiger partial charge < -0.3 is 10.2 Å². The number of nitrogens with one attached hydrogen (secondary N) is 2. The zero-order valence-corrected chi connectivity index (χ0v) is 19.4. The van der Waals surface area contributed by atoms with E-state index in [2.05, 4.69) is 10.0 Å². The highest BCUT2D eigenvalue weighted by atomic mass is 35.5. The summed E-state index contributed by atoms with van der Waals surface area (Å²) in [5.74, 6) is -0.568. The Bertz CT molecular complexity index is 1090. The van der Waals surface area contributed by atoms with E-state index in [1.165, 1.54) is 17.0 Å². The number of carbonyl (C=O) groups is 2. The van der Waals surface area contributed by atoms with E-state index in [0.717, 1.165) is 11.8 Å². The number of amides is 2. The van der Waals surface area contributed by atoms with E-state index in [1.54, 1.807) is 37.3 Å². The number of carbonyl (C=O) groups excluding carboxylic acids is 2. The summed E-state index contributed by atoms with van der Waals surface area (Å²) in [6, 6.07) is 10.4. The number of nitrogens with zero attached hydrogens (tertiary/aromatic N) is 1. The van der Waals surface area contributed by atoms with E-state index in [9.17, 15) is 18.0 Å². The van der Waals surface area contributed by atoms with E-state index < -0.39 is 16.1 Å². The van der Waals surface area contributed by atoms with Gasteiger partial charge in [0.25, 0.3) is 5.91 Å². The van der Waals surface area contributed by atoms with Gasteiger partial charge in [0.15, 0.2) is 0 Å². The van der Waals surface area contributed by atoms with Crippen molar-refractivity contribution in [3.63, 3.8) is 0 Å². The first-order chi connectivity index (χ1) is 14.5. The Morgan fingerprint density at radius 1 is 1.13 bits per heavy atom. The zero-order chi connectivity index (χ0) is 22.8. The van der Waals surface area contributed by atoms with Crippen LogP contribution in [0.2, 0.25) is 10.0 Å². The van der Waals surface area contributed by atoms with Crippen molar-refractivity contribution in [2.45, 2.75) is 31.8 Å². The average molecular weight is 484 g/mol. The molecular formula is C21H23Cl2N3O4S. The molecule has 0 radical (unpaired) electrons. The monoisotopic (exact) mass is 483 g/mol. The van der Waals surface area contributed by atoms with E-state index >= 15 is 0 Å². The van der Waals surface area contributed by atoms with Gasteiger partial charge in [-0.3, -0.25) is 14.3 Å². The summed E-state index contributed by atoms with van der Waals surface area (Å²) >= 11 is 12.0. The number of anilines is 1. The molecule has 1 heterocycles. The third-order valence-corrected chi connectivity index (χ3v) is 6.02. The van der Waals surface area contributed by atoms with Crippen LogP contribution in [-0.2, 0) is 14.8 Å². The predicted molar refractivity (Wildman–Crippen MR) is 122 cm³/mol. The molecule has 2 atom stereocenters. The molecule has 1 fully saturated rings. The van der Waals surface area contributed by atoms with Crippen LogP contribution in [0.3, 0.4) is 0 Å². The van der Waals surface area contributed by atoms with Crippen LogP contribution in [0.25, 0.3) is 0 Å². The Balaban J connectivity index is 1.72. The third-order valence-electron chi connectivity index (χ3n) is 4.97. The fraction of sp³-hybridized carbons (Fsp3) is 0.333. The molecule has 1 saturated heterocycles. The van der Waals surface area contributed by atoms with Gasteiger partial charge in [-0.2, -0.15) is 0 Å². The van der Waals surface area contributed by atoms with Gasteiger partial charge >= 0.3 is 0 Å². The summed E-state index contributed by atoms with van der Waals surface area (Å²) in [6.45, 7) is 2.26. The lowest BCUT2D eigenvalue weighted by atomic mass is 10.1. The highest BCUT2D eigenvalue weighted by Crippen LogP contribution is 2.25. The molecule has 1 aliphatic rings. The number of sulfonamides is 1. The Hall–Kier alpha value is -2.29. The molecule has 0 aliphatic carbocycles. The molecule has 0 bridgehead atoms. The molecule has 0 spiro atoms. The topological polar surface area (TPSA) is 95.6 Å². The number of hydrogen-bond donors (Lipinski definition) is 2. The number of rotatable bonds is 6. The van der Waals surface area contributed by atoms with Crippen LogP contribution in [0.4, 0.5) is 5.69 Å². The summed E-state index contributed by atoms with van der Waals surface area (Å²) in [5, 5.41) is 3.63. The van der Waals surface area contributed by atoms with Gasteiger partial charge in [0, 0.05) is 27.8 Å². The van der Waals surface area contributed by atoms with Crippen LogP contribution in [0.1, 0.15) is 41.7 Å². The van der Waals surface area contributed by atoms with Crippen molar-refractivity contribution in [2.75, 3.05) is 17.5 Å². The second-order valence-corrected chi connectivity index (χ2v) is 10.2. The highest BCUT2D eigenvalue weighted by molar-refractivity contribution is 7.92. The first-order valence-corrected chi connectivity index (χ1v) is 12.3. The second kappa shape index (κ2) is 9.46. The molecule has 2 aromatic rings. The van der Waals surface area contributed by atoms with E-state index in [4.69, 9.17) is 23.2 Å². The largest absolute Gasteiger partial charge is 0.348 e. The Morgan fingerprint density at radius 2 is 1.81 bits per heavy atom. The summed E-state index contributed by atoms with van der Waals surface area (Å²) in [7, 11) is -3.41. The van der Waals surface area contributed by atoms with E-state index in [1.807, 2.05) is 0 Å². The number of hydrogen-bond acceptors (Lipinski definition) is 4. The van der Waals surface area contributed by atoms with Gasteiger partial charge in [-0.25, -0.2) is 8.42 Å². The average Bonchev–Trinajstić information content (AvgIpc) is 3.15. The minimum atomic E-state index is -3.41. The maximum atomic E-state index is 13.0. The van der Waals surface area contributed by atoms with Crippen molar-refractivity contribution in [1.29, 1.82) is 0 Å². The molecule has 166 valence electrons. The molecule has 2 amide bonds. The van der Waals surface area contributed by atoms with Gasteiger partial charge in [0.05, 0.1) is 12.3 Å². The van der Waals surface area contributed by atoms with Gasteiger partial charge in [-0.1, -0.05) is 35.3 Å².